The van der Waals surface area contributed by atoms with Gasteiger partial charge in [-0.05, 0) is 49.3 Å². The highest BCUT2D eigenvalue weighted by Gasteiger charge is 2.15. The zero-order valence-corrected chi connectivity index (χ0v) is 13.2. The summed E-state index contributed by atoms with van der Waals surface area (Å²) in [5.74, 6) is 0. The normalized spacial score (nSPS) is 11.2. The molecule has 3 aromatic rings. The van der Waals surface area contributed by atoms with E-state index in [1.54, 1.807) is 0 Å². The summed E-state index contributed by atoms with van der Waals surface area (Å²) in [7, 11) is 0. The van der Waals surface area contributed by atoms with Crippen LogP contribution in [-0.4, -0.2) is 9.97 Å². The molecule has 3 nitrogen and oxygen atoms in total. The Morgan fingerprint density at radius 1 is 1.25 bits per heavy atom. The molecule has 0 radical (unpaired) electrons. The van der Waals surface area contributed by atoms with Crippen LogP contribution in [0.3, 0.4) is 0 Å². The molecule has 1 aromatic carbocycles. The summed E-state index contributed by atoms with van der Waals surface area (Å²) in [4.78, 5) is 19.8. The van der Waals surface area contributed by atoms with Gasteiger partial charge in [-0.1, -0.05) is 17.7 Å². The quantitative estimate of drug-likeness (QED) is 0.644. The summed E-state index contributed by atoms with van der Waals surface area (Å²) in [6.45, 7) is 3.95. The molecule has 102 valence electrons. The molecule has 0 atom stereocenters. The van der Waals surface area contributed by atoms with Gasteiger partial charge in [-0.2, -0.15) is 0 Å². The molecule has 6 heteroatoms. The van der Waals surface area contributed by atoms with Crippen molar-refractivity contribution in [3.8, 4) is 11.1 Å². The highest BCUT2D eigenvalue weighted by atomic mass is 35.5. The van der Waals surface area contributed by atoms with E-state index >= 15 is 0 Å². The summed E-state index contributed by atoms with van der Waals surface area (Å²) in [6, 6.07) is 5.79. The lowest BCUT2D eigenvalue weighted by atomic mass is 10.0. The summed E-state index contributed by atoms with van der Waals surface area (Å²) in [6.07, 6.45) is 0. The molecule has 3 rings (SSSR count). The standard InChI is InChI=1S/C14H11ClN2OS2/c1-6-5-8(3-4-9(6)15)10-7(2)20-13-11(10)12(18)16-14(19)17-13/h3-5H,1-2H3,(H2,16,17,18,19). The van der Waals surface area contributed by atoms with Crippen LogP contribution in [0.5, 0.6) is 0 Å². The lowest BCUT2D eigenvalue weighted by Crippen LogP contribution is -2.07. The van der Waals surface area contributed by atoms with E-state index < -0.39 is 0 Å². The van der Waals surface area contributed by atoms with Crippen LogP contribution in [0.15, 0.2) is 23.0 Å². The number of aryl methyl sites for hydroxylation is 2. The first-order valence-corrected chi connectivity index (χ1v) is 7.60. The Hall–Kier alpha value is -1.43. The second-order valence-electron chi connectivity index (χ2n) is 4.61. The molecule has 0 aliphatic carbocycles. The fraction of sp³-hybridized carbons (Fsp3) is 0.143. The number of thiophene rings is 1. The van der Waals surface area contributed by atoms with Crippen molar-refractivity contribution >= 4 is 45.4 Å². The lowest BCUT2D eigenvalue weighted by molar-refractivity contribution is 1.15. The molecule has 0 amide bonds. The molecule has 2 heterocycles. The molecule has 20 heavy (non-hydrogen) atoms. The molecule has 0 aliphatic heterocycles. The third-order valence-corrected chi connectivity index (χ3v) is 4.86. The number of fused-ring (bicyclic) bond motifs is 1. The van der Waals surface area contributed by atoms with Gasteiger partial charge in [0.2, 0.25) is 0 Å². The largest absolute Gasteiger partial charge is 0.323 e. The predicted octanol–water partition coefficient (Wildman–Crippen LogP) is 4.58. The first kappa shape index (κ1) is 13.5. The van der Waals surface area contributed by atoms with Crippen molar-refractivity contribution in [3.63, 3.8) is 0 Å². The second kappa shape index (κ2) is 4.84. The number of aromatic amines is 2. The topological polar surface area (TPSA) is 48.6 Å². The zero-order chi connectivity index (χ0) is 14.4. The van der Waals surface area contributed by atoms with Crippen molar-refractivity contribution in [1.29, 1.82) is 0 Å². The molecule has 2 aromatic heterocycles. The monoisotopic (exact) mass is 322 g/mol. The van der Waals surface area contributed by atoms with E-state index in [1.165, 1.54) is 11.3 Å². The number of rotatable bonds is 1. The van der Waals surface area contributed by atoms with Gasteiger partial charge in [0, 0.05) is 15.5 Å². The van der Waals surface area contributed by atoms with Crippen LogP contribution in [0, 0.1) is 18.6 Å². The minimum atomic E-state index is -0.157. The van der Waals surface area contributed by atoms with Gasteiger partial charge in [0.1, 0.15) is 4.83 Å². The molecule has 0 saturated carbocycles. The fourth-order valence-electron chi connectivity index (χ4n) is 2.30. The van der Waals surface area contributed by atoms with Crippen molar-refractivity contribution in [1.82, 2.24) is 9.97 Å². The van der Waals surface area contributed by atoms with E-state index in [9.17, 15) is 4.79 Å². The Bertz CT molecular complexity index is 936. The molecule has 0 unspecified atom stereocenters. The molecule has 2 N–H and O–H groups in total. The fourth-order valence-corrected chi connectivity index (χ4v) is 3.75. The molecule has 0 bridgehead atoms. The van der Waals surface area contributed by atoms with Gasteiger partial charge in [0.15, 0.2) is 4.77 Å². The Morgan fingerprint density at radius 3 is 2.70 bits per heavy atom. The maximum absolute atomic E-state index is 12.2. The van der Waals surface area contributed by atoms with Gasteiger partial charge >= 0.3 is 0 Å². The van der Waals surface area contributed by atoms with Crippen LogP contribution in [0.25, 0.3) is 21.3 Å². The first-order chi connectivity index (χ1) is 9.47. The summed E-state index contributed by atoms with van der Waals surface area (Å²) < 4.78 is 0.350. The lowest BCUT2D eigenvalue weighted by Gasteiger charge is -2.04. The maximum atomic E-state index is 12.2. The van der Waals surface area contributed by atoms with Gasteiger partial charge in [-0.3, -0.25) is 9.78 Å². The van der Waals surface area contributed by atoms with Gasteiger partial charge in [0.05, 0.1) is 5.39 Å². The number of aromatic nitrogens is 2. The Morgan fingerprint density at radius 2 is 2.00 bits per heavy atom. The van der Waals surface area contributed by atoms with E-state index in [0.717, 1.165) is 31.4 Å². The number of H-pyrrole nitrogens is 2. The van der Waals surface area contributed by atoms with Crippen LogP contribution >= 0.6 is 35.2 Å². The number of hydrogen-bond donors (Lipinski definition) is 2. The third kappa shape index (κ3) is 2.12. The second-order valence-corrected chi connectivity index (χ2v) is 6.65. The van der Waals surface area contributed by atoms with E-state index in [1.807, 2.05) is 32.0 Å². The van der Waals surface area contributed by atoms with Crippen LogP contribution in [-0.2, 0) is 0 Å². The molecular weight excluding hydrogens is 312 g/mol. The van der Waals surface area contributed by atoms with Crippen molar-refractivity contribution in [2.45, 2.75) is 13.8 Å². The van der Waals surface area contributed by atoms with E-state index in [0.29, 0.717) is 10.2 Å². The molecule has 0 spiro atoms. The Labute approximate surface area is 129 Å². The summed E-state index contributed by atoms with van der Waals surface area (Å²) in [5.41, 5.74) is 2.77. The molecular formula is C14H11ClN2OS2. The van der Waals surface area contributed by atoms with Gasteiger partial charge in [0.25, 0.3) is 5.56 Å². The molecule has 0 fully saturated rings. The minimum absolute atomic E-state index is 0.157. The molecule has 0 saturated heterocycles. The van der Waals surface area contributed by atoms with Gasteiger partial charge < -0.3 is 4.98 Å². The van der Waals surface area contributed by atoms with Crippen molar-refractivity contribution in [2.75, 3.05) is 0 Å². The van der Waals surface area contributed by atoms with E-state index in [-0.39, 0.29) is 5.56 Å². The van der Waals surface area contributed by atoms with Crippen LogP contribution in [0.1, 0.15) is 10.4 Å². The predicted molar refractivity (Wildman–Crippen MR) is 87.6 cm³/mol. The number of nitrogens with one attached hydrogen (secondary N) is 2. The van der Waals surface area contributed by atoms with Crippen molar-refractivity contribution < 1.29 is 0 Å². The van der Waals surface area contributed by atoms with E-state index in [4.69, 9.17) is 23.8 Å². The first-order valence-electron chi connectivity index (χ1n) is 5.99. The average Bonchev–Trinajstić information content (AvgIpc) is 2.69. The maximum Gasteiger partial charge on any atom is 0.261 e. The van der Waals surface area contributed by atoms with Crippen LogP contribution in [0.2, 0.25) is 5.02 Å². The van der Waals surface area contributed by atoms with E-state index in [2.05, 4.69) is 9.97 Å². The van der Waals surface area contributed by atoms with Crippen molar-refractivity contribution in [3.05, 3.63) is 48.8 Å². The summed E-state index contributed by atoms with van der Waals surface area (Å²) in [5, 5.41) is 1.38. The minimum Gasteiger partial charge on any atom is -0.323 e. The average molecular weight is 323 g/mol. The summed E-state index contributed by atoms with van der Waals surface area (Å²) >= 11 is 12.6. The van der Waals surface area contributed by atoms with Gasteiger partial charge in [-0.15, -0.1) is 11.3 Å². The Balaban J connectivity index is 2.41. The number of hydrogen-bond acceptors (Lipinski definition) is 3. The SMILES string of the molecule is Cc1cc(-c2c(C)sc3[nH]c(=S)[nH]c(=O)c23)ccc1Cl. The highest BCUT2D eigenvalue weighted by Crippen LogP contribution is 2.36. The number of halogens is 1. The Kier molecular flexibility index (Phi) is 3.28. The third-order valence-electron chi connectivity index (χ3n) is 3.21. The highest BCUT2D eigenvalue weighted by molar-refractivity contribution is 7.71. The van der Waals surface area contributed by atoms with Gasteiger partial charge in [-0.25, -0.2) is 0 Å². The molecule has 0 aliphatic rings. The van der Waals surface area contributed by atoms with Crippen LogP contribution in [0.4, 0.5) is 0 Å². The van der Waals surface area contributed by atoms with Crippen molar-refractivity contribution in [2.24, 2.45) is 0 Å². The van der Waals surface area contributed by atoms with Crippen LogP contribution < -0.4 is 5.56 Å². The number of benzene rings is 1. The zero-order valence-electron chi connectivity index (χ0n) is 10.8. The smallest absolute Gasteiger partial charge is 0.261 e.